The van der Waals surface area contributed by atoms with Crippen LogP contribution in [0.15, 0.2) is 18.2 Å². The summed E-state index contributed by atoms with van der Waals surface area (Å²) in [6, 6.07) is 3.78. The van der Waals surface area contributed by atoms with Crippen LogP contribution < -0.4 is 5.32 Å². The lowest BCUT2D eigenvalue weighted by atomic mass is 10.1. The molecule has 0 spiro atoms. The number of carbonyl (C=O) groups is 1. The highest BCUT2D eigenvalue weighted by Crippen LogP contribution is 2.20. The van der Waals surface area contributed by atoms with Crippen LogP contribution >= 0.6 is 0 Å². The Morgan fingerprint density at radius 1 is 1.57 bits per heavy atom. The Bertz CT molecular complexity index is 352. The van der Waals surface area contributed by atoms with Gasteiger partial charge in [0.05, 0.1) is 6.04 Å². The minimum atomic E-state index is -0.681. The Hall–Kier alpha value is -1.58. The number of nitrogens with one attached hydrogen (secondary N) is 1. The van der Waals surface area contributed by atoms with Crippen molar-refractivity contribution in [2.24, 2.45) is 0 Å². The van der Waals surface area contributed by atoms with E-state index in [1.807, 2.05) is 0 Å². The van der Waals surface area contributed by atoms with Crippen molar-refractivity contribution in [1.29, 1.82) is 0 Å². The molecule has 1 aromatic carbocycles. The first-order valence-corrected chi connectivity index (χ1v) is 4.26. The molecule has 0 aliphatic rings. The van der Waals surface area contributed by atoms with E-state index in [1.165, 1.54) is 19.1 Å². The van der Waals surface area contributed by atoms with E-state index in [2.05, 4.69) is 5.32 Å². The number of aromatic hydroxyl groups is 1. The summed E-state index contributed by atoms with van der Waals surface area (Å²) in [5.41, 5.74) is 0.621. The van der Waals surface area contributed by atoms with Crippen LogP contribution in [0.3, 0.4) is 0 Å². The van der Waals surface area contributed by atoms with E-state index in [1.54, 1.807) is 13.0 Å². The summed E-state index contributed by atoms with van der Waals surface area (Å²) in [6.07, 6.45) is 0. The molecule has 2 N–H and O–H groups in total. The second-order valence-corrected chi connectivity index (χ2v) is 3.13. The summed E-state index contributed by atoms with van der Waals surface area (Å²) in [6.45, 7) is 3.14. The molecule has 3 nitrogen and oxygen atoms in total. The molecule has 14 heavy (non-hydrogen) atoms. The monoisotopic (exact) mass is 197 g/mol. The number of hydrogen-bond acceptors (Lipinski definition) is 2. The molecule has 0 aliphatic heterocycles. The number of amides is 1. The summed E-state index contributed by atoms with van der Waals surface area (Å²) < 4.78 is 12.9. The van der Waals surface area contributed by atoms with Crippen molar-refractivity contribution in [3.05, 3.63) is 29.6 Å². The topological polar surface area (TPSA) is 49.3 Å². The molecule has 4 heteroatoms. The third kappa shape index (κ3) is 2.45. The standard InChI is InChI=1S/C10H12FNO2/c1-6(12-7(2)13)8-3-4-10(14)9(11)5-8/h3-6,14H,1-2H3,(H,12,13). The second kappa shape index (κ2) is 4.09. The lowest BCUT2D eigenvalue weighted by Crippen LogP contribution is -2.23. The van der Waals surface area contributed by atoms with Gasteiger partial charge in [-0.2, -0.15) is 0 Å². The molecule has 1 amide bonds. The first-order chi connectivity index (χ1) is 6.50. The third-order valence-electron chi connectivity index (χ3n) is 1.89. The predicted octanol–water partition coefficient (Wildman–Crippen LogP) is 1.73. The van der Waals surface area contributed by atoms with Crippen LogP contribution in [0.1, 0.15) is 25.5 Å². The Kier molecular flexibility index (Phi) is 3.06. The number of phenols is 1. The molecule has 1 atom stereocenters. The molecule has 0 fully saturated rings. The van der Waals surface area contributed by atoms with Gasteiger partial charge >= 0.3 is 0 Å². The van der Waals surface area contributed by atoms with Crippen molar-refractivity contribution in [3.63, 3.8) is 0 Å². The van der Waals surface area contributed by atoms with Crippen LogP contribution in [-0.4, -0.2) is 11.0 Å². The smallest absolute Gasteiger partial charge is 0.217 e. The Balaban J connectivity index is 2.85. The Labute approximate surface area is 81.6 Å². The Morgan fingerprint density at radius 2 is 2.21 bits per heavy atom. The summed E-state index contributed by atoms with van der Waals surface area (Å²) in [5.74, 6) is -1.24. The number of rotatable bonds is 2. The SMILES string of the molecule is CC(=O)NC(C)c1ccc(O)c(F)c1. The maximum Gasteiger partial charge on any atom is 0.217 e. The predicted molar refractivity (Wildman–Crippen MR) is 50.3 cm³/mol. The number of carbonyl (C=O) groups excluding carboxylic acids is 1. The number of hydrogen-bond donors (Lipinski definition) is 2. The molecule has 1 unspecified atom stereocenters. The second-order valence-electron chi connectivity index (χ2n) is 3.13. The van der Waals surface area contributed by atoms with Gasteiger partial charge in [-0.25, -0.2) is 4.39 Å². The summed E-state index contributed by atoms with van der Waals surface area (Å²) >= 11 is 0. The van der Waals surface area contributed by atoms with Gasteiger partial charge in [-0.05, 0) is 24.6 Å². The molecule has 1 rings (SSSR count). The highest BCUT2D eigenvalue weighted by atomic mass is 19.1. The maximum absolute atomic E-state index is 12.9. The van der Waals surface area contributed by atoms with E-state index in [-0.39, 0.29) is 17.7 Å². The average molecular weight is 197 g/mol. The van der Waals surface area contributed by atoms with E-state index in [0.717, 1.165) is 0 Å². The van der Waals surface area contributed by atoms with E-state index >= 15 is 0 Å². The zero-order chi connectivity index (χ0) is 10.7. The van der Waals surface area contributed by atoms with Crippen LogP contribution in [0.5, 0.6) is 5.75 Å². The Morgan fingerprint density at radius 3 is 2.71 bits per heavy atom. The molecule has 0 bridgehead atoms. The van der Waals surface area contributed by atoms with E-state index in [9.17, 15) is 9.18 Å². The van der Waals surface area contributed by atoms with Crippen LogP contribution in [0.25, 0.3) is 0 Å². The fraction of sp³-hybridized carbons (Fsp3) is 0.300. The van der Waals surface area contributed by atoms with Gasteiger partial charge < -0.3 is 10.4 Å². The van der Waals surface area contributed by atoms with Gasteiger partial charge in [-0.3, -0.25) is 4.79 Å². The van der Waals surface area contributed by atoms with Gasteiger partial charge in [0.25, 0.3) is 0 Å². The van der Waals surface area contributed by atoms with Crippen molar-refractivity contribution < 1.29 is 14.3 Å². The number of phenolic OH excluding ortho intramolecular Hbond substituents is 1. The lowest BCUT2D eigenvalue weighted by Gasteiger charge is -2.12. The van der Waals surface area contributed by atoms with E-state index in [0.29, 0.717) is 5.56 Å². The molecule has 0 heterocycles. The maximum atomic E-state index is 12.9. The lowest BCUT2D eigenvalue weighted by molar-refractivity contribution is -0.119. The van der Waals surface area contributed by atoms with Crippen molar-refractivity contribution in [2.75, 3.05) is 0 Å². The zero-order valence-corrected chi connectivity index (χ0v) is 8.04. The third-order valence-corrected chi connectivity index (χ3v) is 1.89. The molecule has 0 aromatic heterocycles. The first kappa shape index (κ1) is 10.5. The summed E-state index contributed by atoms with van der Waals surface area (Å²) in [5, 5.41) is 11.6. The summed E-state index contributed by atoms with van der Waals surface area (Å²) in [7, 11) is 0. The van der Waals surface area contributed by atoms with Crippen LogP contribution in [0.2, 0.25) is 0 Å². The highest BCUT2D eigenvalue weighted by molar-refractivity contribution is 5.73. The summed E-state index contributed by atoms with van der Waals surface area (Å²) in [4.78, 5) is 10.7. The first-order valence-electron chi connectivity index (χ1n) is 4.26. The van der Waals surface area contributed by atoms with Gasteiger partial charge in [-0.15, -0.1) is 0 Å². The van der Waals surface area contributed by atoms with E-state index < -0.39 is 5.82 Å². The van der Waals surface area contributed by atoms with Crippen molar-refractivity contribution in [1.82, 2.24) is 5.32 Å². The number of benzene rings is 1. The number of halogens is 1. The fourth-order valence-electron chi connectivity index (χ4n) is 1.18. The quantitative estimate of drug-likeness (QED) is 0.758. The van der Waals surface area contributed by atoms with Crippen LogP contribution in [-0.2, 0) is 4.79 Å². The minimum absolute atomic E-state index is 0.175. The van der Waals surface area contributed by atoms with Gasteiger partial charge in [0.15, 0.2) is 11.6 Å². The normalized spacial score (nSPS) is 12.2. The molecule has 76 valence electrons. The minimum Gasteiger partial charge on any atom is -0.505 e. The van der Waals surface area contributed by atoms with Crippen molar-refractivity contribution in [3.8, 4) is 5.75 Å². The molecule has 0 radical (unpaired) electrons. The highest BCUT2D eigenvalue weighted by Gasteiger charge is 2.09. The molecule has 0 saturated carbocycles. The largest absolute Gasteiger partial charge is 0.505 e. The molecule has 0 aliphatic carbocycles. The van der Waals surface area contributed by atoms with Gasteiger partial charge in [0, 0.05) is 6.92 Å². The molecular weight excluding hydrogens is 185 g/mol. The van der Waals surface area contributed by atoms with Crippen LogP contribution in [0.4, 0.5) is 4.39 Å². The molecule has 0 saturated heterocycles. The van der Waals surface area contributed by atoms with Gasteiger partial charge in [0.1, 0.15) is 0 Å². The van der Waals surface area contributed by atoms with Gasteiger partial charge in [-0.1, -0.05) is 6.07 Å². The van der Waals surface area contributed by atoms with Crippen LogP contribution in [0, 0.1) is 5.82 Å². The van der Waals surface area contributed by atoms with Crippen molar-refractivity contribution >= 4 is 5.91 Å². The molecule has 1 aromatic rings. The zero-order valence-electron chi connectivity index (χ0n) is 8.04. The molecular formula is C10H12FNO2. The fourth-order valence-corrected chi connectivity index (χ4v) is 1.18. The average Bonchev–Trinajstić information content (AvgIpc) is 2.08. The van der Waals surface area contributed by atoms with Gasteiger partial charge in [0.2, 0.25) is 5.91 Å². The van der Waals surface area contributed by atoms with Crippen molar-refractivity contribution in [2.45, 2.75) is 19.9 Å². The van der Waals surface area contributed by atoms with E-state index in [4.69, 9.17) is 5.11 Å².